The van der Waals surface area contributed by atoms with E-state index in [4.69, 9.17) is 4.98 Å². The molecule has 5 aromatic rings. The van der Waals surface area contributed by atoms with Gasteiger partial charge < -0.3 is 0 Å². The molecule has 0 unspecified atom stereocenters. The second kappa shape index (κ2) is 8.47. The first-order chi connectivity index (χ1) is 20.1. The number of rotatable bonds is 2. The molecule has 0 saturated heterocycles. The van der Waals surface area contributed by atoms with Crippen molar-refractivity contribution in [2.24, 2.45) is 0 Å². The van der Waals surface area contributed by atoms with E-state index >= 15 is 0 Å². The molecule has 0 radical (unpaired) electrons. The minimum Gasteiger partial charge on any atom is -0.295 e. The molecule has 0 atom stereocenters. The van der Waals surface area contributed by atoms with Crippen LogP contribution in [0.3, 0.4) is 0 Å². The average molecular weight is 545 g/mol. The summed E-state index contributed by atoms with van der Waals surface area (Å²) in [6.45, 7) is 14.6. The largest absolute Gasteiger partial charge is 0.295 e. The molecule has 1 aromatic heterocycles. The molecule has 3 aliphatic rings. The maximum atomic E-state index is 5.23. The number of fused-ring (bicyclic) bond motifs is 5. The molecule has 0 bridgehead atoms. The van der Waals surface area contributed by atoms with Gasteiger partial charge >= 0.3 is 0 Å². The van der Waals surface area contributed by atoms with Gasteiger partial charge in [0.1, 0.15) is 5.82 Å². The van der Waals surface area contributed by atoms with Crippen LogP contribution >= 0.6 is 0 Å². The maximum absolute atomic E-state index is 5.23. The first kappa shape index (κ1) is 25.6. The molecule has 3 heteroatoms. The van der Waals surface area contributed by atoms with Crippen LogP contribution in [-0.2, 0) is 16.2 Å². The maximum Gasteiger partial charge on any atom is 0.249 e. The zero-order valence-electron chi connectivity index (χ0n) is 25.5. The Morgan fingerprint density at radius 3 is 2.07 bits per heavy atom. The monoisotopic (exact) mass is 544 g/mol. The fraction of sp³-hybridized carbons (Fsp3) is 0.256. The molecule has 0 N–H and O–H groups in total. The summed E-state index contributed by atoms with van der Waals surface area (Å²) in [5.41, 5.74) is 14.9. The van der Waals surface area contributed by atoms with E-state index < -0.39 is 0 Å². The topological polar surface area (TPSA) is 16.1 Å². The lowest BCUT2D eigenvalue weighted by molar-refractivity contribution is 0.403. The van der Waals surface area contributed by atoms with Gasteiger partial charge in [0, 0.05) is 22.9 Å². The van der Waals surface area contributed by atoms with Gasteiger partial charge in [-0.2, -0.15) is 0 Å². The van der Waals surface area contributed by atoms with Gasteiger partial charge in [-0.1, -0.05) is 126 Å². The van der Waals surface area contributed by atoms with Crippen LogP contribution in [0, 0.1) is 0 Å². The van der Waals surface area contributed by atoms with Crippen molar-refractivity contribution in [3.8, 4) is 11.1 Å². The Bertz CT molecular complexity index is 1900. The quantitative estimate of drug-likeness (QED) is 0.208. The standard InChI is InChI=1S/C39H37BN2/c1-37(2)24-38(3,4)30-23-34-32(22-29(30)37)40-31-18-12-11-17-27(31)39(5,6)28-20-21-41-36(35(28)40)42(34)33-19-13-10-16-26(33)25-14-8-7-9-15-25/h7-23H,24H2,1-6H3. The van der Waals surface area contributed by atoms with Gasteiger partial charge in [0.05, 0.1) is 5.69 Å². The summed E-state index contributed by atoms with van der Waals surface area (Å²) in [5, 5.41) is 0. The lowest BCUT2D eigenvalue weighted by Gasteiger charge is -2.45. The summed E-state index contributed by atoms with van der Waals surface area (Å²) in [4.78, 5) is 7.71. The minimum atomic E-state index is -0.125. The third kappa shape index (κ3) is 3.37. The van der Waals surface area contributed by atoms with Crippen molar-refractivity contribution in [1.82, 2.24) is 4.98 Å². The van der Waals surface area contributed by atoms with Crippen LogP contribution in [0.1, 0.15) is 70.2 Å². The highest BCUT2D eigenvalue weighted by molar-refractivity contribution is 6.99. The molecule has 2 aliphatic heterocycles. The first-order valence-electron chi connectivity index (χ1n) is 15.3. The van der Waals surface area contributed by atoms with Crippen LogP contribution in [0.15, 0.2) is 103 Å². The molecule has 0 saturated carbocycles. The molecule has 42 heavy (non-hydrogen) atoms. The molecule has 8 rings (SSSR count). The predicted molar refractivity (Wildman–Crippen MR) is 178 cm³/mol. The number of para-hydroxylation sites is 1. The molecule has 2 nitrogen and oxygen atoms in total. The number of aromatic nitrogens is 1. The lowest BCUT2D eigenvalue weighted by atomic mass is 9.30. The zero-order valence-corrected chi connectivity index (χ0v) is 25.5. The molecular weight excluding hydrogens is 507 g/mol. The lowest BCUT2D eigenvalue weighted by Crippen LogP contribution is -2.64. The summed E-state index contributed by atoms with van der Waals surface area (Å²) in [7, 11) is 0. The van der Waals surface area contributed by atoms with Crippen LogP contribution in [-0.4, -0.2) is 11.7 Å². The fourth-order valence-electron chi connectivity index (χ4n) is 8.74. The van der Waals surface area contributed by atoms with Crippen molar-refractivity contribution >= 4 is 40.3 Å². The van der Waals surface area contributed by atoms with Gasteiger partial charge in [0.2, 0.25) is 6.71 Å². The summed E-state index contributed by atoms with van der Waals surface area (Å²) in [6.07, 6.45) is 3.17. The number of benzene rings is 4. The van der Waals surface area contributed by atoms with Gasteiger partial charge in [-0.05, 0) is 74.2 Å². The van der Waals surface area contributed by atoms with E-state index in [1.807, 2.05) is 6.20 Å². The first-order valence-corrected chi connectivity index (χ1v) is 15.3. The highest BCUT2D eigenvalue weighted by Gasteiger charge is 2.49. The van der Waals surface area contributed by atoms with Gasteiger partial charge in [-0.3, -0.25) is 4.90 Å². The van der Waals surface area contributed by atoms with Crippen molar-refractivity contribution in [1.29, 1.82) is 0 Å². The Hall–Kier alpha value is -4.11. The summed E-state index contributed by atoms with van der Waals surface area (Å²) < 4.78 is 0. The number of hydrogen-bond donors (Lipinski definition) is 0. The van der Waals surface area contributed by atoms with Crippen molar-refractivity contribution < 1.29 is 0 Å². The Morgan fingerprint density at radius 1 is 0.619 bits per heavy atom. The van der Waals surface area contributed by atoms with Gasteiger partial charge in [-0.15, -0.1) is 0 Å². The van der Waals surface area contributed by atoms with Crippen LogP contribution in [0.5, 0.6) is 0 Å². The van der Waals surface area contributed by atoms with Gasteiger partial charge in [-0.25, -0.2) is 4.98 Å². The van der Waals surface area contributed by atoms with Crippen LogP contribution < -0.4 is 21.3 Å². The van der Waals surface area contributed by atoms with Crippen LogP contribution in [0.4, 0.5) is 17.2 Å². The fourth-order valence-corrected chi connectivity index (χ4v) is 8.74. The van der Waals surface area contributed by atoms with Crippen LogP contribution in [0.25, 0.3) is 11.1 Å². The van der Waals surface area contributed by atoms with Gasteiger partial charge in [0.15, 0.2) is 0 Å². The number of anilines is 3. The number of nitrogens with zero attached hydrogens (tertiary/aromatic N) is 2. The second-order valence-corrected chi connectivity index (χ2v) is 14.4. The third-order valence-corrected chi connectivity index (χ3v) is 10.4. The van der Waals surface area contributed by atoms with E-state index in [1.54, 1.807) is 0 Å². The zero-order chi connectivity index (χ0) is 29.0. The number of hydrogen-bond acceptors (Lipinski definition) is 2. The molecule has 4 aromatic carbocycles. The summed E-state index contributed by atoms with van der Waals surface area (Å²) in [6, 6.07) is 36.1. The van der Waals surface area contributed by atoms with E-state index in [9.17, 15) is 0 Å². The minimum absolute atomic E-state index is 0.0977. The van der Waals surface area contributed by atoms with Crippen molar-refractivity contribution in [2.75, 3.05) is 4.90 Å². The molecule has 0 spiro atoms. The summed E-state index contributed by atoms with van der Waals surface area (Å²) in [5.74, 6) is 1.06. The van der Waals surface area contributed by atoms with E-state index in [1.165, 1.54) is 61.1 Å². The normalized spacial score (nSPS) is 18.1. The van der Waals surface area contributed by atoms with Crippen molar-refractivity contribution in [3.05, 3.63) is 126 Å². The highest BCUT2D eigenvalue weighted by atomic mass is 15.2. The van der Waals surface area contributed by atoms with E-state index in [0.29, 0.717) is 0 Å². The van der Waals surface area contributed by atoms with Crippen molar-refractivity contribution in [2.45, 2.75) is 64.2 Å². The molecular formula is C39H37BN2. The Kier molecular flexibility index (Phi) is 5.16. The average Bonchev–Trinajstić information content (AvgIpc) is 3.17. The molecule has 0 amide bonds. The van der Waals surface area contributed by atoms with Crippen LogP contribution in [0.2, 0.25) is 0 Å². The molecule has 3 heterocycles. The third-order valence-electron chi connectivity index (χ3n) is 10.4. The molecule has 206 valence electrons. The Balaban J connectivity index is 1.51. The predicted octanol–water partition coefficient (Wildman–Crippen LogP) is 7.65. The van der Waals surface area contributed by atoms with E-state index in [0.717, 1.165) is 12.2 Å². The highest BCUT2D eigenvalue weighted by Crippen LogP contribution is 2.52. The van der Waals surface area contributed by atoms with E-state index in [2.05, 4.69) is 144 Å². The Morgan fingerprint density at radius 2 is 1.29 bits per heavy atom. The Labute approximate surface area is 250 Å². The van der Waals surface area contributed by atoms with E-state index in [-0.39, 0.29) is 23.0 Å². The number of pyridine rings is 1. The van der Waals surface area contributed by atoms with Gasteiger partial charge in [0.25, 0.3) is 0 Å². The molecule has 0 fully saturated rings. The second-order valence-electron chi connectivity index (χ2n) is 14.4. The SMILES string of the molecule is CC1(C)CC(C)(C)c2cc3c(cc21)B1c2ccccc2C(C)(C)c2ccnc(c21)N3c1ccccc1-c1ccccc1. The smallest absolute Gasteiger partial charge is 0.249 e. The molecule has 1 aliphatic carbocycles. The van der Waals surface area contributed by atoms with Crippen molar-refractivity contribution in [3.63, 3.8) is 0 Å². The summed E-state index contributed by atoms with van der Waals surface area (Å²) >= 11 is 0.